The van der Waals surface area contributed by atoms with E-state index < -0.39 is 24.0 Å². The van der Waals surface area contributed by atoms with Gasteiger partial charge in [-0.05, 0) is 43.1 Å². The minimum Gasteiger partial charge on any atom is -0.495 e. The lowest BCUT2D eigenvalue weighted by Crippen LogP contribution is -2.49. The van der Waals surface area contributed by atoms with Gasteiger partial charge < -0.3 is 15.0 Å². The molecule has 0 aromatic heterocycles. The van der Waals surface area contributed by atoms with E-state index in [1.807, 2.05) is 30.3 Å². The fraction of sp³-hybridized carbons (Fsp3) is 0.417. The molecule has 2 aliphatic heterocycles. The maximum absolute atomic E-state index is 14.2. The molecule has 2 amide bonds. The van der Waals surface area contributed by atoms with E-state index in [4.69, 9.17) is 4.74 Å². The lowest BCUT2D eigenvalue weighted by Gasteiger charge is -2.31. The predicted octanol–water partition coefficient (Wildman–Crippen LogP) is 4.22. The lowest BCUT2D eigenvalue weighted by atomic mass is 9.85. The van der Waals surface area contributed by atoms with Crippen molar-refractivity contribution in [2.45, 2.75) is 32.0 Å². The van der Waals surface area contributed by atoms with E-state index in [0.29, 0.717) is 37.4 Å². The first-order chi connectivity index (χ1) is 15.7. The largest absolute Gasteiger partial charge is 0.495 e. The van der Waals surface area contributed by atoms with E-state index in [1.54, 1.807) is 11.0 Å². The summed E-state index contributed by atoms with van der Waals surface area (Å²) in [6, 6.07) is 13.8. The van der Waals surface area contributed by atoms with Crippen molar-refractivity contribution in [3.8, 4) is 5.75 Å². The summed E-state index contributed by atoms with van der Waals surface area (Å²) in [7, 11) is 1.45. The van der Waals surface area contributed by atoms with E-state index in [-0.39, 0.29) is 24.6 Å². The number of likely N-dealkylation sites (tertiary alicyclic amines) is 1. The summed E-state index contributed by atoms with van der Waals surface area (Å²) in [5, 5.41) is 2.47. The van der Waals surface area contributed by atoms with Crippen LogP contribution in [-0.2, 0) is 16.1 Å². The van der Waals surface area contributed by atoms with E-state index in [1.165, 1.54) is 24.1 Å². The molecule has 2 aliphatic rings. The molecule has 2 aromatic carbocycles. The second kappa shape index (κ2) is 9.05. The molecular formula is C24H26F3N3O3. The van der Waals surface area contributed by atoms with Gasteiger partial charge in [-0.3, -0.25) is 14.5 Å². The number of nitrogens with zero attached hydrogens (tertiary/aromatic N) is 2. The van der Waals surface area contributed by atoms with Gasteiger partial charge in [-0.25, -0.2) is 0 Å². The van der Waals surface area contributed by atoms with Crippen LogP contribution in [0.15, 0.2) is 48.5 Å². The number of hydrogen-bond donors (Lipinski definition) is 1. The Bertz CT molecular complexity index is 1030. The van der Waals surface area contributed by atoms with Crippen LogP contribution in [0.2, 0.25) is 0 Å². The van der Waals surface area contributed by atoms with Gasteiger partial charge in [-0.15, -0.1) is 0 Å². The van der Waals surface area contributed by atoms with Gasteiger partial charge in [0.1, 0.15) is 5.75 Å². The molecule has 0 saturated carbocycles. The number of alkyl halides is 3. The van der Waals surface area contributed by atoms with E-state index in [9.17, 15) is 22.8 Å². The van der Waals surface area contributed by atoms with Crippen LogP contribution in [0.3, 0.4) is 0 Å². The minimum atomic E-state index is -4.71. The molecular weight excluding hydrogens is 435 g/mol. The predicted molar refractivity (Wildman–Crippen MR) is 118 cm³/mol. The number of carbonyl (C=O) groups excluding carboxylic acids is 2. The van der Waals surface area contributed by atoms with E-state index in [2.05, 4.69) is 5.32 Å². The number of rotatable bonds is 6. The number of ether oxygens (including phenoxy) is 1. The second-order valence-electron chi connectivity index (χ2n) is 8.52. The highest BCUT2D eigenvalue weighted by Gasteiger charge is 2.63. The molecule has 6 nitrogen and oxygen atoms in total. The molecule has 0 bridgehead atoms. The Labute approximate surface area is 190 Å². The number of amides is 2. The first kappa shape index (κ1) is 23.1. The smallest absolute Gasteiger partial charge is 0.404 e. The zero-order chi connectivity index (χ0) is 23.6. The Morgan fingerprint density at radius 2 is 1.91 bits per heavy atom. The molecule has 176 valence electrons. The molecule has 4 rings (SSSR count). The Morgan fingerprint density at radius 3 is 2.55 bits per heavy atom. The Morgan fingerprint density at radius 1 is 1.15 bits per heavy atom. The number of halogens is 3. The van der Waals surface area contributed by atoms with Crippen LogP contribution in [0, 0.1) is 5.41 Å². The van der Waals surface area contributed by atoms with Crippen molar-refractivity contribution < 1.29 is 27.5 Å². The molecule has 1 atom stereocenters. The molecule has 2 heterocycles. The standard InChI is InChI=1S/C24H26F3N3O3/c1-33-20-10-9-18(14-19(20)30-12-5-8-21(30)31)28-22(32)23(24(25,26)27)11-13-29(16-23)15-17-6-3-2-4-7-17/h2-4,6-7,9-10,14H,5,8,11-13,15-16H2,1H3,(H,28,32). The van der Waals surface area contributed by atoms with Gasteiger partial charge in [0.15, 0.2) is 5.41 Å². The van der Waals surface area contributed by atoms with E-state index in [0.717, 1.165) is 5.56 Å². The molecule has 9 heteroatoms. The third-order valence-corrected chi connectivity index (χ3v) is 6.38. The number of benzene rings is 2. The highest BCUT2D eigenvalue weighted by Crippen LogP contribution is 2.47. The highest BCUT2D eigenvalue weighted by molar-refractivity contribution is 6.00. The zero-order valence-corrected chi connectivity index (χ0v) is 18.3. The average molecular weight is 461 g/mol. The van der Waals surface area contributed by atoms with Crippen molar-refractivity contribution in [1.29, 1.82) is 0 Å². The molecule has 2 fully saturated rings. The van der Waals surface area contributed by atoms with Crippen LogP contribution in [0.5, 0.6) is 5.75 Å². The SMILES string of the molecule is COc1ccc(NC(=O)C2(C(F)(F)F)CCN(Cc3ccccc3)C2)cc1N1CCCC1=O. The molecule has 2 saturated heterocycles. The summed E-state index contributed by atoms with van der Waals surface area (Å²) >= 11 is 0. The van der Waals surface area contributed by atoms with Crippen molar-refractivity contribution in [2.75, 3.05) is 37.0 Å². The molecule has 0 spiro atoms. The van der Waals surface area contributed by atoms with Crippen molar-refractivity contribution in [1.82, 2.24) is 4.90 Å². The van der Waals surface area contributed by atoms with Crippen molar-refractivity contribution >= 4 is 23.2 Å². The maximum atomic E-state index is 14.2. The summed E-state index contributed by atoms with van der Waals surface area (Å²) in [5.41, 5.74) is -0.978. The van der Waals surface area contributed by atoms with Gasteiger partial charge in [0.25, 0.3) is 0 Å². The number of anilines is 2. The molecule has 0 aliphatic carbocycles. The summed E-state index contributed by atoms with van der Waals surface area (Å²) < 4.78 is 48.0. The first-order valence-electron chi connectivity index (χ1n) is 10.9. The van der Waals surface area contributed by atoms with E-state index >= 15 is 0 Å². The minimum absolute atomic E-state index is 0.0871. The van der Waals surface area contributed by atoms with Crippen LogP contribution in [-0.4, -0.2) is 49.6 Å². The average Bonchev–Trinajstić information content (AvgIpc) is 3.41. The van der Waals surface area contributed by atoms with Crippen LogP contribution in [0.25, 0.3) is 0 Å². The Hall–Kier alpha value is -3.07. The Kier molecular flexibility index (Phi) is 6.34. The molecule has 33 heavy (non-hydrogen) atoms. The Balaban J connectivity index is 1.56. The zero-order valence-electron chi connectivity index (χ0n) is 18.3. The number of hydrogen-bond acceptors (Lipinski definition) is 4. The van der Waals surface area contributed by atoms with Gasteiger partial charge in [0, 0.05) is 31.7 Å². The number of carbonyl (C=O) groups is 2. The lowest BCUT2D eigenvalue weighted by molar-refractivity contribution is -0.215. The highest BCUT2D eigenvalue weighted by atomic mass is 19.4. The van der Waals surface area contributed by atoms with Crippen LogP contribution >= 0.6 is 0 Å². The van der Waals surface area contributed by atoms with Gasteiger partial charge in [0.05, 0.1) is 12.8 Å². The second-order valence-corrected chi connectivity index (χ2v) is 8.52. The van der Waals surface area contributed by atoms with Gasteiger partial charge in [0.2, 0.25) is 11.8 Å². The fourth-order valence-electron chi connectivity index (χ4n) is 4.54. The van der Waals surface area contributed by atoms with Crippen molar-refractivity contribution in [2.24, 2.45) is 5.41 Å². The maximum Gasteiger partial charge on any atom is 0.404 e. The molecule has 1 N–H and O–H groups in total. The van der Waals surface area contributed by atoms with Gasteiger partial charge in [-0.1, -0.05) is 30.3 Å². The number of methoxy groups -OCH3 is 1. The van der Waals surface area contributed by atoms with Crippen molar-refractivity contribution in [3.63, 3.8) is 0 Å². The van der Waals surface area contributed by atoms with Crippen LogP contribution in [0.4, 0.5) is 24.5 Å². The third kappa shape index (κ3) is 4.55. The summed E-state index contributed by atoms with van der Waals surface area (Å²) in [6.45, 7) is 0.589. The van der Waals surface area contributed by atoms with Crippen LogP contribution in [0.1, 0.15) is 24.8 Å². The molecule has 2 aromatic rings. The first-order valence-corrected chi connectivity index (χ1v) is 10.9. The van der Waals surface area contributed by atoms with Crippen LogP contribution < -0.4 is 15.0 Å². The molecule has 1 unspecified atom stereocenters. The fourth-order valence-corrected chi connectivity index (χ4v) is 4.54. The summed E-state index contributed by atoms with van der Waals surface area (Å²) in [4.78, 5) is 28.4. The third-order valence-electron chi connectivity index (χ3n) is 6.38. The number of nitrogens with one attached hydrogen (secondary N) is 1. The van der Waals surface area contributed by atoms with Crippen molar-refractivity contribution in [3.05, 3.63) is 54.1 Å². The summed E-state index contributed by atoms with van der Waals surface area (Å²) in [5.74, 6) is -0.756. The normalized spacial score (nSPS) is 21.5. The van der Waals surface area contributed by atoms with Gasteiger partial charge >= 0.3 is 6.18 Å². The molecule has 0 radical (unpaired) electrons. The quantitative estimate of drug-likeness (QED) is 0.700. The summed E-state index contributed by atoms with van der Waals surface area (Å²) in [6.07, 6.45) is -3.94. The van der Waals surface area contributed by atoms with Gasteiger partial charge in [-0.2, -0.15) is 13.2 Å². The monoisotopic (exact) mass is 461 g/mol. The topological polar surface area (TPSA) is 61.9 Å².